The molecule has 0 atom stereocenters. The first-order chi connectivity index (χ1) is 13.9. The van der Waals surface area contributed by atoms with Crippen LogP contribution in [-0.4, -0.2) is 15.7 Å². The molecule has 3 rings (SSSR count). The largest absolute Gasteiger partial charge is 0.434 e. The zero-order chi connectivity index (χ0) is 22.3. The second-order valence-corrected chi connectivity index (χ2v) is 6.62. The summed E-state index contributed by atoms with van der Waals surface area (Å²) in [5, 5.41) is 5.91. The highest BCUT2D eigenvalue weighted by molar-refractivity contribution is 6.05. The Kier molecular flexibility index (Phi) is 5.36. The van der Waals surface area contributed by atoms with E-state index in [9.17, 15) is 31.1 Å². The van der Waals surface area contributed by atoms with Gasteiger partial charge < -0.3 is 5.32 Å². The smallest absolute Gasteiger partial charge is 0.322 e. The monoisotopic (exact) mass is 427 g/mol. The Balaban J connectivity index is 2.04. The number of carbonyl (C=O) groups excluding carboxylic acids is 1. The van der Waals surface area contributed by atoms with Gasteiger partial charge in [-0.15, -0.1) is 0 Å². The number of aryl methyl sites for hydroxylation is 2. The summed E-state index contributed by atoms with van der Waals surface area (Å²) < 4.78 is 80.2. The minimum Gasteiger partial charge on any atom is -0.322 e. The van der Waals surface area contributed by atoms with Gasteiger partial charge in [0.05, 0.1) is 23.0 Å². The number of carbonyl (C=O) groups is 1. The molecule has 0 aliphatic rings. The van der Waals surface area contributed by atoms with Gasteiger partial charge in [0.25, 0.3) is 5.91 Å². The summed E-state index contributed by atoms with van der Waals surface area (Å²) >= 11 is 0. The predicted octanol–water partition coefficient (Wildman–Crippen LogP) is 5.78. The second kappa shape index (κ2) is 7.51. The van der Waals surface area contributed by atoms with Crippen LogP contribution in [0.4, 0.5) is 32.0 Å². The number of anilines is 1. The van der Waals surface area contributed by atoms with Crippen molar-refractivity contribution in [3.63, 3.8) is 0 Å². The van der Waals surface area contributed by atoms with E-state index in [1.54, 1.807) is 19.1 Å². The molecule has 10 heteroatoms. The van der Waals surface area contributed by atoms with E-state index in [-0.39, 0.29) is 10.4 Å². The normalized spacial score (nSPS) is 12.1. The number of hydrogen-bond acceptors (Lipinski definition) is 2. The highest BCUT2D eigenvalue weighted by Gasteiger charge is 2.41. The van der Waals surface area contributed by atoms with Gasteiger partial charge in [0.1, 0.15) is 0 Å². The van der Waals surface area contributed by atoms with Gasteiger partial charge >= 0.3 is 12.4 Å². The fraction of sp³-hybridized carbons (Fsp3) is 0.200. The summed E-state index contributed by atoms with van der Waals surface area (Å²) in [5.41, 5.74) is -1.85. The number of alkyl halides is 6. The summed E-state index contributed by atoms with van der Waals surface area (Å²) in [6, 6.07) is 8.10. The van der Waals surface area contributed by atoms with Crippen LogP contribution in [-0.2, 0) is 12.4 Å². The van der Waals surface area contributed by atoms with Crippen molar-refractivity contribution in [2.75, 3.05) is 5.32 Å². The molecule has 0 aliphatic carbocycles. The Morgan fingerprint density at radius 3 is 2.23 bits per heavy atom. The molecule has 0 fully saturated rings. The molecule has 0 aliphatic heterocycles. The van der Waals surface area contributed by atoms with Crippen molar-refractivity contribution in [3.8, 4) is 5.69 Å². The molecule has 0 spiro atoms. The first-order valence-corrected chi connectivity index (χ1v) is 8.59. The average molecular weight is 427 g/mol. The van der Waals surface area contributed by atoms with Gasteiger partial charge in [0.2, 0.25) is 0 Å². The Bertz CT molecular complexity index is 1100. The van der Waals surface area contributed by atoms with E-state index in [0.717, 1.165) is 29.3 Å². The number of halogens is 6. The maximum atomic E-state index is 13.7. The lowest BCUT2D eigenvalue weighted by molar-refractivity contribution is -0.143. The lowest BCUT2D eigenvalue weighted by Crippen LogP contribution is -2.21. The summed E-state index contributed by atoms with van der Waals surface area (Å²) in [4.78, 5) is 12.5. The zero-order valence-corrected chi connectivity index (χ0v) is 15.7. The average Bonchev–Trinajstić information content (AvgIpc) is 3.10. The van der Waals surface area contributed by atoms with Gasteiger partial charge in [0.15, 0.2) is 5.69 Å². The molecule has 2 aromatic carbocycles. The van der Waals surface area contributed by atoms with Crippen LogP contribution in [0.15, 0.2) is 48.7 Å². The van der Waals surface area contributed by atoms with Gasteiger partial charge in [-0.25, -0.2) is 4.68 Å². The number of amides is 1. The lowest BCUT2D eigenvalue weighted by atomic mass is 10.1. The van der Waals surface area contributed by atoms with Crippen LogP contribution in [0.2, 0.25) is 0 Å². The molecular formula is C20H15F6N3O. The fourth-order valence-corrected chi connectivity index (χ4v) is 2.81. The van der Waals surface area contributed by atoms with E-state index < -0.39 is 40.8 Å². The van der Waals surface area contributed by atoms with Gasteiger partial charge in [0, 0.05) is 5.69 Å². The standard InChI is InChI=1S/C20H15F6N3O/c1-11-6-7-14(8-12(11)2)28-18(30)16-10-27-29(17(16)20(24,25)26)15-5-3-4-13(9-15)19(21,22)23/h3-10H,1-2H3,(H,28,30). The Hall–Kier alpha value is -3.30. The zero-order valence-electron chi connectivity index (χ0n) is 15.7. The molecule has 0 saturated heterocycles. The summed E-state index contributed by atoms with van der Waals surface area (Å²) in [7, 11) is 0. The number of nitrogens with one attached hydrogen (secondary N) is 1. The van der Waals surface area contributed by atoms with Crippen molar-refractivity contribution in [2.24, 2.45) is 0 Å². The third kappa shape index (κ3) is 4.32. The SMILES string of the molecule is Cc1ccc(NC(=O)c2cnn(-c3cccc(C(F)(F)F)c3)c2C(F)(F)F)cc1C. The molecule has 3 aromatic rings. The Morgan fingerprint density at radius 2 is 1.63 bits per heavy atom. The molecule has 158 valence electrons. The number of rotatable bonds is 3. The molecule has 1 heterocycles. The number of hydrogen-bond donors (Lipinski definition) is 1. The molecule has 1 N–H and O–H groups in total. The third-order valence-electron chi connectivity index (χ3n) is 4.47. The molecule has 1 aromatic heterocycles. The van der Waals surface area contributed by atoms with Crippen LogP contribution >= 0.6 is 0 Å². The van der Waals surface area contributed by atoms with Crippen molar-refractivity contribution >= 4 is 11.6 Å². The van der Waals surface area contributed by atoms with Crippen molar-refractivity contribution in [2.45, 2.75) is 26.2 Å². The third-order valence-corrected chi connectivity index (χ3v) is 4.47. The molecule has 30 heavy (non-hydrogen) atoms. The van der Waals surface area contributed by atoms with Crippen molar-refractivity contribution in [1.29, 1.82) is 0 Å². The molecule has 0 radical (unpaired) electrons. The first kappa shape index (κ1) is 21.4. The summed E-state index contributed by atoms with van der Waals surface area (Å²) in [6.45, 7) is 3.61. The lowest BCUT2D eigenvalue weighted by Gasteiger charge is -2.14. The molecule has 4 nitrogen and oxygen atoms in total. The van der Waals surface area contributed by atoms with Crippen molar-refractivity contribution < 1.29 is 31.1 Å². The van der Waals surface area contributed by atoms with Crippen LogP contribution in [0, 0.1) is 13.8 Å². The molecule has 1 amide bonds. The number of nitrogens with zero attached hydrogens (tertiary/aromatic N) is 2. The molecule has 0 unspecified atom stereocenters. The highest BCUT2D eigenvalue weighted by atomic mass is 19.4. The topological polar surface area (TPSA) is 46.9 Å². The minimum atomic E-state index is -5.04. The summed E-state index contributed by atoms with van der Waals surface area (Å²) in [5.74, 6) is -1.08. The quantitative estimate of drug-likeness (QED) is 0.539. The van der Waals surface area contributed by atoms with Crippen LogP contribution in [0.25, 0.3) is 5.69 Å². The predicted molar refractivity (Wildman–Crippen MR) is 97.4 cm³/mol. The van der Waals surface area contributed by atoms with E-state index in [2.05, 4.69) is 10.4 Å². The minimum absolute atomic E-state index is 0.281. The molecular weight excluding hydrogens is 412 g/mol. The highest BCUT2D eigenvalue weighted by Crippen LogP contribution is 2.35. The van der Waals surface area contributed by atoms with Crippen LogP contribution < -0.4 is 5.32 Å². The Morgan fingerprint density at radius 1 is 0.933 bits per heavy atom. The van der Waals surface area contributed by atoms with E-state index >= 15 is 0 Å². The Labute approximate surface area is 167 Å². The van der Waals surface area contributed by atoms with E-state index in [1.807, 2.05) is 6.92 Å². The van der Waals surface area contributed by atoms with Crippen LogP contribution in [0.1, 0.15) is 32.7 Å². The van der Waals surface area contributed by atoms with Crippen molar-refractivity contribution in [3.05, 3.63) is 76.6 Å². The second-order valence-electron chi connectivity index (χ2n) is 6.62. The molecule has 0 bridgehead atoms. The number of aromatic nitrogens is 2. The van der Waals surface area contributed by atoms with Gasteiger partial charge in [-0.05, 0) is 55.3 Å². The van der Waals surface area contributed by atoms with Gasteiger partial charge in [-0.1, -0.05) is 12.1 Å². The van der Waals surface area contributed by atoms with Gasteiger partial charge in [-0.2, -0.15) is 31.4 Å². The van der Waals surface area contributed by atoms with E-state index in [0.29, 0.717) is 12.3 Å². The maximum Gasteiger partial charge on any atom is 0.434 e. The first-order valence-electron chi connectivity index (χ1n) is 8.59. The maximum absolute atomic E-state index is 13.7. The fourth-order valence-electron chi connectivity index (χ4n) is 2.81. The number of benzene rings is 2. The van der Waals surface area contributed by atoms with Crippen molar-refractivity contribution in [1.82, 2.24) is 9.78 Å². The van der Waals surface area contributed by atoms with E-state index in [4.69, 9.17) is 0 Å². The van der Waals surface area contributed by atoms with E-state index in [1.165, 1.54) is 6.07 Å². The van der Waals surface area contributed by atoms with Gasteiger partial charge in [-0.3, -0.25) is 4.79 Å². The van der Waals surface area contributed by atoms with Crippen LogP contribution in [0.3, 0.4) is 0 Å². The van der Waals surface area contributed by atoms with Crippen LogP contribution in [0.5, 0.6) is 0 Å². The molecule has 0 saturated carbocycles. The summed E-state index contributed by atoms with van der Waals surface area (Å²) in [6.07, 6.45) is -9.11.